The van der Waals surface area contributed by atoms with E-state index in [4.69, 9.17) is 0 Å². The SMILES string of the molecule is O=C(CCc1cccnc1)NCc1cn(-c2ccccc2)nc1-c1ccc(F)cc1. The van der Waals surface area contributed by atoms with Gasteiger partial charge in [0.05, 0.1) is 11.4 Å². The second-order valence-corrected chi connectivity index (χ2v) is 6.93. The van der Waals surface area contributed by atoms with E-state index in [0.29, 0.717) is 25.1 Å². The summed E-state index contributed by atoms with van der Waals surface area (Å²) >= 11 is 0. The largest absolute Gasteiger partial charge is 0.352 e. The van der Waals surface area contributed by atoms with E-state index < -0.39 is 0 Å². The van der Waals surface area contributed by atoms with Gasteiger partial charge in [-0.05, 0) is 54.4 Å². The van der Waals surface area contributed by atoms with E-state index >= 15 is 0 Å². The number of carbonyl (C=O) groups excluding carboxylic acids is 1. The minimum absolute atomic E-state index is 0.0450. The minimum Gasteiger partial charge on any atom is -0.352 e. The van der Waals surface area contributed by atoms with Gasteiger partial charge in [-0.25, -0.2) is 9.07 Å². The molecule has 0 saturated heterocycles. The predicted octanol–water partition coefficient (Wildman–Crippen LogP) is 4.32. The first kappa shape index (κ1) is 19.5. The molecule has 0 aliphatic heterocycles. The fraction of sp³-hybridized carbons (Fsp3) is 0.125. The lowest BCUT2D eigenvalue weighted by Gasteiger charge is -2.06. The van der Waals surface area contributed by atoms with Crippen LogP contribution in [0.5, 0.6) is 0 Å². The van der Waals surface area contributed by atoms with Crippen LogP contribution in [-0.2, 0) is 17.8 Å². The number of hydrogen-bond donors (Lipinski definition) is 1. The summed E-state index contributed by atoms with van der Waals surface area (Å²) < 4.78 is 15.1. The number of para-hydroxylation sites is 1. The average molecular weight is 400 g/mol. The molecule has 0 bridgehead atoms. The molecular formula is C24H21FN4O. The number of halogens is 1. The lowest BCUT2D eigenvalue weighted by molar-refractivity contribution is -0.121. The van der Waals surface area contributed by atoms with Gasteiger partial charge in [-0.2, -0.15) is 5.10 Å². The molecule has 0 radical (unpaired) electrons. The molecule has 2 heterocycles. The zero-order valence-electron chi connectivity index (χ0n) is 16.3. The zero-order chi connectivity index (χ0) is 20.8. The Labute approximate surface area is 174 Å². The standard InChI is InChI=1S/C24H21FN4O/c25-21-11-9-19(10-12-21)24-20(17-29(28-24)22-6-2-1-3-7-22)16-27-23(30)13-8-18-5-4-14-26-15-18/h1-7,9-12,14-15,17H,8,13,16H2,(H,27,30). The highest BCUT2D eigenvalue weighted by Crippen LogP contribution is 2.24. The molecule has 150 valence electrons. The van der Waals surface area contributed by atoms with Crippen molar-refractivity contribution in [2.75, 3.05) is 0 Å². The van der Waals surface area contributed by atoms with Gasteiger partial charge in [0.15, 0.2) is 0 Å². The summed E-state index contributed by atoms with van der Waals surface area (Å²) in [7, 11) is 0. The Bertz CT molecular complexity index is 1110. The maximum absolute atomic E-state index is 13.4. The number of rotatable bonds is 7. The van der Waals surface area contributed by atoms with Crippen LogP contribution in [0.15, 0.2) is 85.3 Å². The molecule has 0 fully saturated rings. The maximum atomic E-state index is 13.4. The first-order valence-corrected chi connectivity index (χ1v) is 9.74. The Hall–Kier alpha value is -3.80. The van der Waals surface area contributed by atoms with Crippen LogP contribution < -0.4 is 5.32 Å². The first-order valence-electron chi connectivity index (χ1n) is 9.74. The summed E-state index contributed by atoms with van der Waals surface area (Å²) in [6.45, 7) is 0.339. The zero-order valence-corrected chi connectivity index (χ0v) is 16.3. The minimum atomic E-state index is -0.300. The second-order valence-electron chi connectivity index (χ2n) is 6.93. The van der Waals surface area contributed by atoms with Crippen molar-refractivity contribution in [1.82, 2.24) is 20.1 Å². The fourth-order valence-corrected chi connectivity index (χ4v) is 3.19. The summed E-state index contributed by atoms with van der Waals surface area (Å²) in [6, 6.07) is 19.8. The van der Waals surface area contributed by atoms with Crippen LogP contribution >= 0.6 is 0 Å². The van der Waals surface area contributed by atoms with Crippen molar-refractivity contribution in [3.63, 3.8) is 0 Å². The van der Waals surface area contributed by atoms with E-state index in [0.717, 1.165) is 22.4 Å². The summed E-state index contributed by atoms with van der Waals surface area (Å²) in [6.07, 6.45) is 6.39. The summed E-state index contributed by atoms with van der Waals surface area (Å²) in [5.74, 6) is -0.345. The highest BCUT2D eigenvalue weighted by Gasteiger charge is 2.13. The van der Waals surface area contributed by atoms with Crippen molar-refractivity contribution < 1.29 is 9.18 Å². The van der Waals surface area contributed by atoms with Crippen LogP contribution in [0.3, 0.4) is 0 Å². The second kappa shape index (κ2) is 9.13. The third-order valence-corrected chi connectivity index (χ3v) is 4.77. The molecular weight excluding hydrogens is 379 g/mol. The van der Waals surface area contributed by atoms with Gasteiger partial charge < -0.3 is 5.32 Å². The van der Waals surface area contributed by atoms with Gasteiger partial charge in [-0.1, -0.05) is 24.3 Å². The van der Waals surface area contributed by atoms with Gasteiger partial charge in [0.1, 0.15) is 5.82 Å². The Morgan fingerprint density at radius 2 is 1.80 bits per heavy atom. The molecule has 0 spiro atoms. The van der Waals surface area contributed by atoms with Crippen molar-refractivity contribution in [3.8, 4) is 16.9 Å². The maximum Gasteiger partial charge on any atom is 0.220 e. The van der Waals surface area contributed by atoms with Gasteiger partial charge >= 0.3 is 0 Å². The predicted molar refractivity (Wildman–Crippen MR) is 113 cm³/mol. The summed E-state index contributed by atoms with van der Waals surface area (Å²) in [4.78, 5) is 16.4. The van der Waals surface area contributed by atoms with Gasteiger partial charge in [0.25, 0.3) is 0 Å². The molecule has 0 unspecified atom stereocenters. The number of carbonyl (C=O) groups is 1. The Balaban J connectivity index is 1.51. The van der Waals surface area contributed by atoms with Gasteiger partial charge in [0, 0.05) is 42.7 Å². The number of aromatic nitrogens is 3. The van der Waals surface area contributed by atoms with Crippen molar-refractivity contribution in [2.45, 2.75) is 19.4 Å². The van der Waals surface area contributed by atoms with E-state index in [1.807, 2.05) is 48.7 Å². The van der Waals surface area contributed by atoms with E-state index in [-0.39, 0.29) is 11.7 Å². The van der Waals surface area contributed by atoms with Crippen LogP contribution in [0.25, 0.3) is 16.9 Å². The lowest BCUT2D eigenvalue weighted by atomic mass is 10.1. The molecule has 6 heteroatoms. The third kappa shape index (κ3) is 4.78. The van der Waals surface area contributed by atoms with Crippen molar-refractivity contribution in [2.24, 2.45) is 0 Å². The molecule has 30 heavy (non-hydrogen) atoms. The molecule has 0 saturated carbocycles. The molecule has 4 rings (SSSR count). The molecule has 0 atom stereocenters. The molecule has 1 N–H and O–H groups in total. The first-order chi connectivity index (χ1) is 14.7. The van der Waals surface area contributed by atoms with Crippen molar-refractivity contribution >= 4 is 5.91 Å². The number of nitrogens with one attached hydrogen (secondary N) is 1. The molecule has 0 aliphatic carbocycles. The third-order valence-electron chi connectivity index (χ3n) is 4.77. The molecule has 1 amide bonds. The molecule has 5 nitrogen and oxygen atoms in total. The monoisotopic (exact) mass is 400 g/mol. The highest BCUT2D eigenvalue weighted by atomic mass is 19.1. The fourth-order valence-electron chi connectivity index (χ4n) is 3.19. The van der Waals surface area contributed by atoms with Crippen LogP contribution in [0.1, 0.15) is 17.5 Å². The summed E-state index contributed by atoms with van der Waals surface area (Å²) in [5.41, 5.74) is 4.31. The number of amides is 1. The van der Waals surface area contributed by atoms with Crippen LogP contribution in [-0.4, -0.2) is 20.7 Å². The molecule has 2 aromatic carbocycles. The van der Waals surface area contributed by atoms with Crippen LogP contribution in [0.4, 0.5) is 4.39 Å². The van der Waals surface area contributed by atoms with Gasteiger partial charge in [-0.3, -0.25) is 9.78 Å². The normalized spacial score (nSPS) is 10.7. The highest BCUT2D eigenvalue weighted by molar-refractivity contribution is 5.76. The van der Waals surface area contributed by atoms with Gasteiger partial charge in [0.2, 0.25) is 5.91 Å². The van der Waals surface area contributed by atoms with E-state index in [2.05, 4.69) is 15.4 Å². The number of aryl methyl sites for hydroxylation is 1. The molecule has 4 aromatic rings. The average Bonchev–Trinajstić information content (AvgIpc) is 3.22. The summed E-state index contributed by atoms with van der Waals surface area (Å²) in [5, 5.41) is 7.66. The molecule has 2 aromatic heterocycles. The Morgan fingerprint density at radius 3 is 2.53 bits per heavy atom. The van der Waals surface area contributed by atoms with E-state index in [9.17, 15) is 9.18 Å². The topological polar surface area (TPSA) is 59.8 Å². The number of hydrogen-bond acceptors (Lipinski definition) is 3. The Kier molecular flexibility index (Phi) is 5.94. The smallest absolute Gasteiger partial charge is 0.220 e. The van der Waals surface area contributed by atoms with Crippen molar-refractivity contribution in [1.29, 1.82) is 0 Å². The molecule has 0 aliphatic rings. The number of nitrogens with zero attached hydrogens (tertiary/aromatic N) is 3. The van der Waals surface area contributed by atoms with Crippen LogP contribution in [0.2, 0.25) is 0 Å². The van der Waals surface area contributed by atoms with Gasteiger partial charge in [-0.15, -0.1) is 0 Å². The number of benzene rings is 2. The van der Waals surface area contributed by atoms with E-state index in [1.54, 1.807) is 29.2 Å². The van der Waals surface area contributed by atoms with Crippen molar-refractivity contribution in [3.05, 3.63) is 102 Å². The number of pyridine rings is 1. The van der Waals surface area contributed by atoms with E-state index in [1.165, 1.54) is 12.1 Å². The lowest BCUT2D eigenvalue weighted by Crippen LogP contribution is -2.23. The van der Waals surface area contributed by atoms with Crippen LogP contribution in [0, 0.1) is 5.82 Å². The quantitative estimate of drug-likeness (QED) is 0.503. The Morgan fingerprint density at radius 1 is 1.00 bits per heavy atom.